The minimum absolute atomic E-state index is 0.0161. The van der Waals surface area contributed by atoms with Crippen LogP contribution in [0.3, 0.4) is 0 Å². The summed E-state index contributed by atoms with van der Waals surface area (Å²) in [5, 5.41) is 9.62. The molecule has 40 heavy (non-hydrogen) atoms. The summed E-state index contributed by atoms with van der Waals surface area (Å²) in [6, 6.07) is 3.79. The van der Waals surface area contributed by atoms with E-state index < -0.39 is 46.1 Å². The summed E-state index contributed by atoms with van der Waals surface area (Å²) in [4.78, 5) is 20.9. The van der Waals surface area contributed by atoms with E-state index in [1.54, 1.807) is 6.92 Å². The van der Waals surface area contributed by atoms with Gasteiger partial charge < -0.3 is 15.4 Å². The summed E-state index contributed by atoms with van der Waals surface area (Å²) in [6.45, 7) is 1.67. The Hall–Kier alpha value is -3.01. The van der Waals surface area contributed by atoms with Crippen molar-refractivity contribution in [1.29, 1.82) is 0 Å². The van der Waals surface area contributed by atoms with Crippen molar-refractivity contribution in [2.45, 2.75) is 44.0 Å². The molecule has 4 atom stereocenters. The minimum atomic E-state index is -4.84. The van der Waals surface area contributed by atoms with Gasteiger partial charge in [-0.2, -0.15) is 27.0 Å². The maximum absolute atomic E-state index is 14.7. The molecule has 218 valence electrons. The van der Waals surface area contributed by atoms with Crippen molar-refractivity contribution in [2.24, 2.45) is 5.92 Å². The second-order valence-electron chi connectivity index (χ2n) is 9.52. The van der Waals surface area contributed by atoms with E-state index in [4.69, 9.17) is 16.3 Å². The summed E-state index contributed by atoms with van der Waals surface area (Å²) < 4.78 is 76.8. The van der Waals surface area contributed by atoms with Crippen molar-refractivity contribution in [3.8, 4) is 0 Å². The number of benzene rings is 1. The van der Waals surface area contributed by atoms with E-state index in [-0.39, 0.29) is 36.0 Å². The Balaban J connectivity index is 1.73. The number of anilines is 2. The number of piperidine rings is 1. The molecule has 3 aromatic rings. The zero-order valence-corrected chi connectivity index (χ0v) is 23.7. The molecule has 0 aliphatic carbocycles. The maximum atomic E-state index is 14.7. The highest BCUT2D eigenvalue weighted by molar-refractivity contribution is 7.88. The van der Waals surface area contributed by atoms with Crippen molar-refractivity contribution in [2.75, 3.05) is 32.3 Å². The Bertz CT molecular complexity index is 1480. The van der Waals surface area contributed by atoms with Crippen molar-refractivity contribution in [1.82, 2.24) is 29.2 Å². The summed E-state index contributed by atoms with van der Waals surface area (Å²) in [7, 11) is -1.22. The number of amides is 1. The van der Waals surface area contributed by atoms with E-state index in [0.717, 1.165) is 10.6 Å². The van der Waals surface area contributed by atoms with Crippen LogP contribution in [-0.2, 0) is 19.6 Å². The van der Waals surface area contributed by atoms with Crippen LogP contribution in [0.15, 0.2) is 30.5 Å². The number of sulfonamides is 1. The molecular formula is C24H29ClF3N7O4S. The largest absolute Gasteiger partial charge is 0.397 e. The number of ether oxygens (including phenoxy) is 1. The normalized spacial score (nSPS) is 20.3. The number of halogens is 4. The third-order valence-corrected chi connectivity index (χ3v) is 8.44. The third-order valence-electron chi connectivity index (χ3n) is 7.01. The highest BCUT2D eigenvalue weighted by Gasteiger charge is 2.54. The van der Waals surface area contributed by atoms with E-state index in [0.29, 0.717) is 17.1 Å². The first-order valence-corrected chi connectivity index (χ1v) is 14.5. The lowest BCUT2D eigenvalue weighted by Gasteiger charge is -2.43. The second-order valence-corrected chi connectivity index (χ2v) is 11.8. The maximum Gasteiger partial charge on any atom is 0.397 e. The molecule has 2 N–H and O–H groups in total. The number of carbonyl (C=O) groups is 1. The molecule has 1 aliphatic rings. The van der Waals surface area contributed by atoms with Gasteiger partial charge >= 0.3 is 6.18 Å². The molecule has 2 unspecified atom stereocenters. The summed E-state index contributed by atoms with van der Waals surface area (Å²) in [6.07, 6.45) is -2.57. The van der Waals surface area contributed by atoms with Crippen LogP contribution in [0.5, 0.6) is 0 Å². The average Bonchev–Trinajstić information content (AvgIpc) is 3.27. The molecule has 16 heteroatoms. The monoisotopic (exact) mass is 603 g/mol. The van der Waals surface area contributed by atoms with Gasteiger partial charge in [-0.25, -0.2) is 13.4 Å². The predicted octanol–water partition coefficient (Wildman–Crippen LogP) is 3.66. The minimum Gasteiger partial charge on any atom is -0.375 e. The fraction of sp³-hybridized carbons (Fsp3) is 0.500. The van der Waals surface area contributed by atoms with Crippen molar-refractivity contribution < 1.29 is 31.1 Å². The lowest BCUT2D eigenvalue weighted by molar-refractivity contribution is -0.169. The van der Waals surface area contributed by atoms with Crippen molar-refractivity contribution >= 4 is 44.7 Å². The molecule has 0 spiro atoms. The first kappa shape index (κ1) is 30.0. The molecule has 0 bridgehead atoms. The highest BCUT2D eigenvalue weighted by atomic mass is 35.5. The van der Waals surface area contributed by atoms with Gasteiger partial charge in [0.25, 0.3) is 5.78 Å². The molecule has 0 radical (unpaired) electrons. The van der Waals surface area contributed by atoms with Crippen LogP contribution < -0.4 is 10.6 Å². The van der Waals surface area contributed by atoms with Crippen molar-refractivity contribution in [3.63, 3.8) is 0 Å². The predicted molar refractivity (Wildman–Crippen MR) is 142 cm³/mol. The van der Waals surface area contributed by atoms with Crippen LogP contribution in [0, 0.1) is 5.92 Å². The Morgan fingerprint density at radius 3 is 2.50 bits per heavy atom. The van der Waals surface area contributed by atoms with Gasteiger partial charge in [0.05, 0.1) is 47.8 Å². The van der Waals surface area contributed by atoms with Crippen LogP contribution in [0.1, 0.15) is 43.0 Å². The van der Waals surface area contributed by atoms with E-state index in [1.807, 2.05) is 0 Å². The van der Waals surface area contributed by atoms with Crippen LogP contribution in [0.4, 0.5) is 24.5 Å². The standard InChI is InChI=1S/C24H29ClF3N7O4S/c1-13(39-3)19-17(12-30-23-32-22(25)33-35(19)23)31-15-9-7-14(8-10-15)18(24(26,27)28)20-16(21(36)29-2)6-5-11-34(20)40(4,37)38/h7-10,12-13,16,18,20,31H,5-6,11H2,1-4H3,(H,29,36)/t13-,16?,18-,20?/m0/s1. The molecule has 3 heterocycles. The second kappa shape index (κ2) is 11.5. The fourth-order valence-corrected chi connectivity index (χ4v) is 6.50. The van der Waals surface area contributed by atoms with E-state index in [1.165, 1.54) is 49.1 Å². The number of nitrogens with one attached hydrogen (secondary N) is 2. The number of alkyl halides is 3. The number of nitrogens with zero attached hydrogens (tertiary/aromatic N) is 5. The fourth-order valence-electron chi connectivity index (χ4n) is 5.18. The van der Waals surface area contributed by atoms with Gasteiger partial charge in [0, 0.05) is 26.4 Å². The topological polar surface area (TPSA) is 131 Å². The van der Waals surface area contributed by atoms with Gasteiger partial charge in [0.2, 0.25) is 21.2 Å². The van der Waals surface area contributed by atoms with Gasteiger partial charge in [-0.3, -0.25) is 4.79 Å². The summed E-state index contributed by atoms with van der Waals surface area (Å²) in [5.41, 5.74) is 1.24. The summed E-state index contributed by atoms with van der Waals surface area (Å²) in [5.74, 6) is -3.81. The molecule has 4 rings (SSSR count). The Kier molecular flexibility index (Phi) is 8.59. The summed E-state index contributed by atoms with van der Waals surface area (Å²) >= 11 is 5.94. The number of hydrogen-bond donors (Lipinski definition) is 2. The van der Waals surface area contributed by atoms with Crippen LogP contribution >= 0.6 is 11.6 Å². The Morgan fingerprint density at radius 2 is 1.93 bits per heavy atom. The molecule has 2 aromatic heterocycles. The number of methoxy groups -OCH3 is 1. The number of hydrogen-bond acceptors (Lipinski definition) is 8. The van der Waals surface area contributed by atoms with Gasteiger partial charge in [0.15, 0.2) is 0 Å². The molecule has 1 fully saturated rings. The zero-order valence-electron chi connectivity index (χ0n) is 22.1. The lowest BCUT2D eigenvalue weighted by atomic mass is 9.78. The van der Waals surface area contributed by atoms with E-state index in [9.17, 15) is 26.4 Å². The number of carbonyl (C=O) groups excluding carboxylic acids is 1. The van der Waals surface area contributed by atoms with Gasteiger partial charge in [-0.05, 0) is 49.1 Å². The number of rotatable bonds is 8. The van der Waals surface area contributed by atoms with E-state index >= 15 is 0 Å². The number of aromatic nitrogens is 4. The van der Waals surface area contributed by atoms with Gasteiger partial charge in [0.1, 0.15) is 0 Å². The third kappa shape index (κ3) is 6.01. The highest BCUT2D eigenvalue weighted by Crippen LogP contribution is 2.45. The molecule has 1 amide bonds. The molecule has 0 saturated carbocycles. The molecular weight excluding hydrogens is 575 g/mol. The number of fused-ring (bicyclic) bond motifs is 1. The zero-order chi connectivity index (χ0) is 29.4. The molecule has 1 aliphatic heterocycles. The molecule has 1 aromatic carbocycles. The smallest absolute Gasteiger partial charge is 0.375 e. The quantitative estimate of drug-likeness (QED) is 0.399. The average molecular weight is 604 g/mol. The first-order valence-electron chi connectivity index (χ1n) is 12.3. The van der Waals surface area contributed by atoms with Crippen LogP contribution in [0.2, 0.25) is 5.28 Å². The van der Waals surface area contributed by atoms with Crippen LogP contribution in [-0.4, -0.2) is 77.4 Å². The van der Waals surface area contributed by atoms with Crippen molar-refractivity contribution in [3.05, 3.63) is 47.0 Å². The SMILES string of the molecule is CNC(=O)C1CCCN(S(C)(=O)=O)C1[C@H](c1ccc(Nc2cnc3nc(Cl)nn3c2[C@H](C)OC)cc1)C(F)(F)F. The van der Waals surface area contributed by atoms with Gasteiger partial charge in [-0.1, -0.05) is 12.1 Å². The lowest BCUT2D eigenvalue weighted by Crippen LogP contribution is -2.57. The van der Waals surface area contributed by atoms with Crippen LogP contribution in [0.25, 0.3) is 5.78 Å². The molecule has 11 nitrogen and oxygen atoms in total. The van der Waals surface area contributed by atoms with E-state index in [2.05, 4.69) is 25.7 Å². The van der Waals surface area contributed by atoms with Gasteiger partial charge in [-0.15, -0.1) is 5.10 Å². The Morgan fingerprint density at radius 1 is 1.25 bits per heavy atom. The Labute approximate surface area is 234 Å². The molecule has 1 saturated heterocycles. The first-order chi connectivity index (χ1) is 18.8.